The highest BCUT2D eigenvalue weighted by Crippen LogP contribution is 2.39. The Morgan fingerprint density at radius 2 is 0.651 bits per heavy atom. The van der Waals surface area contributed by atoms with Gasteiger partial charge >= 0.3 is 0 Å². The number of rotatable bonds is 11. The standard InChI is InChI=1S/C18H13BrF2O2.C18H16O3.C17H11BrF2O2.C17H13F2NO2.C17H13FO3/c1-2-12(19)18-15(10-5-3-6-11(20)9-10)17(22)16-13(21)7-4-8-14(16)23-18;1-11-7-6-10-14-15(11)17(20)16(18(21-14)12(2)19)13-8-4-3-5-9-13;1-9(18)17-14(10-5-2-3-6-11(10)19)16(21)15-12(20)7-4-8-13(15)22-17;1-9(20)17-14(10-4-2-5-11(18)8-10)16(21)15-12(19)6-3-7-13(15)22-17;1-10(19)17-14(11-6-3-2-4-7-11)16(20)15-12(18)8-5-9-13(15)21-17/h3-9,12H,2H2,1H3;3-10,12,19H,1-2H3;2-9H,1H3;2-9H,20H2,1H3;2-10,19H,1H3. The molecule has 22 heteroatoms. The van der Waals surface area contributed by atoms with Crippen molar-refractivity contribution in [3.8, 4) is 55.6 Å². The predicted octanol–water partition coefficient (Wildman–Crippen LogP) is 22.0. The molecule has 0 radical (unpaired) electrons. The molecule has 109 heavy (non-hydrogen) atoms. The van der Waals surface area contributed by atoms with Crippen molar-refractivity contribution < 1.29 is 63.0 Å². The van der Waals surface area contributed by atoms with Crippen LogP contribution in [0.2, 0.25) is 0 Å². The molecule has 0 spiro atoms. The summed E-state index contributed by atoms with van der Waals surface area (Å²) in [5.41, 5.74) is 8.71. The molecule has 4 N–H and O–H groups in total. The Morgan fingerprint density at radius 1 is 0.349 bits per heavy atom. The lowest BCUT2D eigenvalue weighted by Crippen LogP contribution is -2.15. The van der Waals surface area contributed by atoms with Crippen molar-refractivity contribution in [1.82, 2.24) is 0 Å². The van der Waals surface area contributed by atoms with Gasteiger partial charge in [0.2, 0.25) is 27.1 Å². The molecular weight excluding hydrogens is 1540 g/mol. The molecular formula is C87H66Br2F7NO12. The summed E-state index contributed by atoms with van der Waals surface area (Å²) in [5.74, 6) is -2.86. The normalized spacial score (nSPS) is 12.5. The van der Waals surface area contributed by atoms with Crippen LogP contribution in [0.4, 0.5) is 30.7 Å². The SMILES string of the molecule is CC(Br)c1oc2cccc(F)c2c(=O)c1-c1ccccc1F.CC(N)c1oc2cccc(F)c2c(=O)c1-c1cccc(F)c1.CC(O)c1oc2cccc(F)c2c(=O)c1-c1ccccc1.CCC(Br)c1oc2cccc(F)c2c(=O)c1-c1cccc(F)c1.Cc1cccc2oc(C(C)O)c(-c3ccccc3)c(=O)c12. The molecule has 0 saturated carbocycles. The van der Waals surface area contributed by atoms with E-state index in [1.54, 1.807) is 75.4 Å². The van der Waals surface area contributed by atoms with Crippen molar-refractivity contribution >= 4 is 86.7 Å². The van der Waals surface area contributed by atoms with Gasteiger partial charge < -0.3 is 38.0 Å². The maximum Gasteiger partial charge on any atom is 0.203 e. The zero-order valence-corrected chi connectivity index (χ0v) is 62.1. The molecule has 0 aliphatic carbocycles. The molecule has 5 heterocycles. The highest BCUT2D eigenvalue weighted by Gasteiger charge is 2.28. The van der Waals surface area contributed by atoms with E-state index in [0.717, 1.165) is 11.1 Å². The van der Waals surface area contributed by atoms with Crippen LogP contribution < -0.4 is 32.9 Å². The fourth-order valence-electron chi connectivity index (χ4n) is 12.4. The monoisotopic (exact) mass is 1610 g/mol. The number of aryl methyl sites for hydroxylation is 1. The summed E-state index contributed by atoms with van der Waals surface area (Å²) in [6, 6.07) is 56.8. The fraction of sp³-hybridized carbons (Fsp3) is 0.138. The summed E-state index contributed by atoms with van der Waals surface area (Å²) in [6.45, 7) is 10.3. The van der Waals surface area contributed by atoms with Crippen LogP contribution in [0.15, 0.2) is 271 Å². The quantitative estimate of drug-likeness (QED) is 0.0812. The van der Waals surface area contributed by atoms with Crippen LogP contribution in [-0.4, -0.2) is 10.2 Å². The molecule has 554 valence electrons. The van der Waals surface area contributed by atoms with Gasteiger partial charge in [0.1, 0.15) is 131 Å². The Bertz CT molecular complexity index is 6070. The molecule has 5 unspecified atom stereocenters. The first-order valence-electron chi connectivity index (χ1n) is 34.1. The second-order valence-corrected chi connectivity index (χ2v) is 27.6. The molecule has 0 aliphatic rings. The molecule has 15 aromatic rings. The van der Waals surface area contributed by atoms with Gasteiger partial charge in [0.05, 0.1) is 48.9 Å². The van der Waals surface area contributed by atoms with Crippen molar-refractivity contribution in [3.05, 3.63) is 351 Å². The average Bonchev–Trinajstić information content (AvgIpc) is 0.781. The minimum Gasteiger partial charge on any atom is -0.459 e. The van der Waals surface area contributed by atoms with Crippen molar-refractivity contribution in [2.45, 2.75) is 75.9 Å². The van der Waals surface area contributed by atoms with Gasteiger partial charge in [0, 0.05) is 5.56 Å². The van der Waals surface area contributed by atoms with Crippen LogP contribution in [0.1, 0.15) is 103 Å². The first-order valence-corrected chi connectivity index (χ1v) is 35.9. The molecule has 0 bridgehead atoms. The summed E-state index contributed by atoms with van der Waals surface area (Å²) in [6.07, 6.45) is -1.16. The Morgan fingerprint density at radius 3 is 1.03 bits per heavy atom. The molecule has 13 nitrogen and oxygen atoms in total. The van der Waals surface area contributed by atoms with E-state index >= 15 is 0 Å². The number of hydrogen-bond acceptors (Lipinski definition) is 13. The zero-order valence-electron chi connectivity index (χ0n) is 58.9. The number of hydrogen-bond donors (Lipinski definition) is 3. The van der Waals surface area contributed by atoms with Crippen molar-refractivity contribution in [1.29, 1.82) is 0 Å². The van der Waals surface area contributed by atoms with Gasteiger partial charge in [-0.1, -0.05) is 178 Å². The molecule has 15 rings (SSSR count). The van der Waals surface area contributed by atoms with Crippen molar-refractivity contribution in [2.24, 2.45) is 5.73 Å². The Balaban J connectivity index is 0.000000135. The second kappa shape index (κ2) is 34.2. The molecule has 10 aromatic carbocycles. The third-order valence-corrected chi connectivity index (χ3v) is 18.9. The number of aliphatic hydroxyl groups is 2. The minimum atomic E-state index is -0.972. The maximum atomic E-state index is 14.1. The Hall–Kier alpha value is -11.4. The lowest BCUT2D eigenvalue weighted by atomic mass is 9.98. The first-order chi connectivity index (χ1) is 52.2. The second-order valence-electron chi connectivity index (χ2n) is 25.1. The van der Waals surface area contributed by atoms with Gasteiger partial charge in [-0.15, -0.1) is 0 Å². The fourth-order valence-corrected chi connectivity index (χ4v) is 13.0. The summed E-state index contributed by atoms with van der Waals surface area (Å²) in [7, 11) is 0. The van der Waals surface area contributed by atoms with Gasteiger partial charge in [-0.2, -0.15) is 0 Å². The van der Waals surface area contributed by atoms with E-state index in [-0.39, 0.29) is 104 Å². The summed E-state index contributed by atoms with van der Waals surface area (Å²) < 4.78 is 126. The topological polar surface area (TPSA) is 218 Å². The minimum absolute atomic E-state index is 0.0417. The Kier molecular flexibility index (Phi) is 24.7. The van der Waals surface area contributed by atoms with E-state index < -0.39 is 80.7 Å². The smallest absolute Gasteiger partial charge is 0.203 e. The maximum absolute atomic E-state index is 14.1. The van der Waals surface area contributed by atoms with E-state index in [0.29, 0.717) is 51.2 Å². The highest BCUT2D eigenvalue weighted by atomic mass is 79.9. The van der Waals surface area contributed by atoms with E-state index in [9.17, 15) is 64.9 Å². The van der Waals surface area contributed by atoms with Gasteiger partial charge in [0.15, 0.2) is 0 Å². The van der Waals surface area contributed by atoms with E-state index in [4.69, 9.17) is 27.8 Å². The third kappa shape index (κ3) is 16.7. The molecule has 0 amide bonds. The lowest BCUT2D eigenvalue weighted by Gasteiger charge is -2.14. The van der Waals surface area contributed by atoms with Gasteiger partial charge in [-0.05, 0) is 154 Å². The van der Waals surface area contributed by atoms with Crippen molar-refractivity contribution in [3.63, 3.8) is 0 Å². The molecule has 0 fully saturated rings. The average molecular weight is 1610 g/mol. The van der Waals surface area contributed by atoms with Gasteiger partial charge in [-0.25, -0.2) is 30.7 Å². The summed E-state index contributed by atoms with van der Waals surface area (Å²) in [4.78, 5) is 63.3. The van der Waals surface area contributed by atoms with Crippen LogP contribution in [0.25, 0.3) is 110 Å². The van der Waals surface area contributed by atoms with Crippen LogP contribution in [0.3, 0.4) is 0 Å². The Labute approximate surface area is 633 Å². The summed E-state index contributed by atoms with van der Waals surface area (Å²) >= 11 is 6.81. The molecule has 0 saturated heterocycles. The number of fused-ring (bicyclic) bond motifs is 5. The summed E-state index contributed by atoms with van der Waals surface area (Å²) in [5, 5.41) is 19.9. The number of nitrogens with two attached hydrogens (primary N) is 1. The van der Waals surface area contributed by atoms with Gasteiger partial charge in [0.25, 0.3) is 0 Å². The van der Waals surface area contributed by atoms with Crippen LogP contribution >= 0.6 is 31.9 Å². The van der Waals surface area contributed by atoms with Crippen molar-refractivity contribution in [2.75, 3.05) is 0 Å². The predicted molar refractivity (Wildman–Crippen MR) is 417 cm³/mol. The van der Waals surface area contributed by atoms with E-state index in [1.807, 2.05) is 62.4 Å². The van der Waals surface area contributed by atoms with Crippen LogP contribution in [-0.2, 0) is 0 Å². The number of alkyl halides is 2. The highest BCUT2D eigenvalue weighted by molar-refractivity contribution is 9.09. The first kappa shape index (κ1) is 78.7. The zero-order chi connectivity index (χ0) is 78.2. The molecule has 0 aliphatic heterocycles. The van der Waals surface area contributed by atoms with E-state index in [2.05, 4.69) is 31.9 Å². The molecule has 5 atom stereocenters. The lowest BCUT2D eigenvalue weighted by molar-refractivity contribution is 0.171. The number of halogens is 9. The largest absolute Gasteiger partial charge is 0.459 e. The van der Waals surface area contributed by atoms with Crippen LogP contribution in [0.5, 0.6) is 0 Å². The van der Waals surface area contributed by atoms with E-state index in [1.165, 1.54) is 128 Å². The van der Waals surface area contributed by atoms with Gasteiger partial charge in [-0.3, -0.25) is 24.0 Å². The number of aliphatic hydroxyl groups excluding tert-OH is 2. The van der Waals surface area contributed by atoms with Crippen LogP contribution in [0, 0.1) is 47.6 Å². The third-order valence-electron chi connectivity index (χ3n) is 17.4. The number of benzene rings is 10. The molecule has 5 aromatic heterocycles.